The fourth-order valence-electron chi connectivity index (χ4n) is 4.24. The molecule has 194 valence electrons. The number of likely N-dealkylation sites (N-methyl/N-ethyl adjacent to an activating group) is 1. The number of ether oxygens (including phenoxy) is 3. The highest BCUT2D eigenvalue weighted by molar-refractivity contribution is 5.95. The lowest BCUT2D eigenvalue weighted by Crippen LogP contribution is -2.43. The van der Waals surface area contributed by atoms with Crippen LogP contribution in [0.5, 0.6) is 0 Å². The van der Waals surface area contributed by atoms with Gasteiger partial charge in [-0.05, 0) is 37.2 Å². The number of aliphatic hydroxyl groups excluding tert-OH is 1. The number of carbonyl (C=O) groups excluding carboxylic acids is 2. The summed E-state index contributed by atoms with van der Waals surface area (Å²) in [7, 11) is 2.02. The number of nitrogens with zero attached hydrogens (tertiary/aromatic N) is 1. The summed E-state index contributed by atoms with van der Waals surface area (Å²) in [5.41, 5.74) is 3.15. The average molecular weight is 497 g/mol. The minimum atomic E-state index is -0.912. The molecular weight excluding hydrogens is 460 g/mol. The number of hydrogen-bond acceptors (Lipinski definition) is 7. The van der Waals surface area contributed by atoms with Crippen molar-refractivity contribution in [3.8, 4) is 0 Å². The van der Waals surface area contributed by atoms with Crippen molar-refractivity contribution in [3.05, 3.63) is 77.9 Å². The van der Waals surface area contributed by atoms with E-state index < -0.39 is 24.3 Å². The van der Waals surface area contributed by atoms with Gasteiger partial charge in [0.2, 0.25) is 0 Å². The van der Waals surface area contributed by atoms with Crippen LogP contribution in [0, 0.1) is 5.92 Å². The van der Waals surface area contributed by atoms with Crippen LogP contribution in [0.1, 0.15) is 49.9 Å². The van der Waals surface area contributed by atoms with Gasteiger partial charge in [0.15, 0.2) is 12.4 Å². The fraction of sp³-hybridized carbons (Fsp3) is 0.429. The molecule has 8 nitrogen and oxygen atoms in total. The molecule has 2 N–H and O–H groups in total. The maximum absolute atomic E-state index is 12.4. The molecule has 2 aromatic carbocycles. The van der Waals surface area contributed by atoms with E-state index in [1.165, 1.54) is 13.8 Å². The zero-order chi connectivity index (χ0) is 26.2. The van der Waals surface area contributed by atoms with Gasteiger partial charge in [-0.3, -0.25) is 9.59 Å². The molecule has 0 unspecified atom stereocenters. The summed E-state index contributed by atoms with van der Waals surface area (Å²) in [5.74, 6) is -0.886. The largest absolute Gasteiger partial charge is 0.453 e. The Morgan fingerprint density at radius 2 is 1.92 bits per heavy atom. The van der Waals surface area contributed by atoms with Crippen molar-refractivity contribution in [3.63, 3.8) is 0 Å². The molecule has 2 aromatic rings. The molecule has 1 heterocycles. The lowest BCUT2D eigenvalue weighted by atomic mass is 9.90. The van der Waals surface area contributed by atoms with E-state index in [1.807, 2.05) is 49.5 Å². The monoisotopic (exact) mass is 496 g/mol. The van der Waals surface area contributed by atoms with Crippen LogP contribution in [-0.2, 0) is 30.4 Å². The molecule has 1 amide bonds. The van der Waals surface area contributed by atoms with Crippen LogP contribution in [0.15, 0.2) is 61.2 Å². The van der Waals surface area contributed by atoms with Gasteiger partial charge in [-0.1, -0.05) is 49.4 Å². The summed E-state index contributed by atoms with van der Waals surface area (Å²) in [4.78, 5) is 25.7. The third-order valence-corrected chi connectivity index (χ3v) is 6.19. The highest BCUT2D eigenvalue weighted by atomic mass is 16.7. The summed E-state index contributed by atoms with van der Waals surface area (Å²) < 4.78 is 17.9. The van der Waals surface area contributed by atoms with Crippen molar-refractivity contribution in [2.45, 2.75) is 52.0 Å². The second-order valence-electron chi connectivity index (χ2n) is 9.20. The lowest BCUT2D eigenvalue weighted by molar-refractivity contribution is -0.275. The van der Waals surface area contributed by atoms with Gasteiger partial charge in [-0.25, -0.2) is 0 Å². The molecule has 5 atom stereocenters. The van der Waals surface area contributed by atoms with Gasteiger partial charge in [0, 0.05) is 37.2 Å². The van der Waals surface area contributed by atoms with E-state index >= 15 is 0 Å². The van der Waals surface area contributed by atoms with E-state index in [-0.39, 0.29) is 24.7 Å². The number of anilines is 1. The normalized spacial score (nSPS) is 22.6. The first-order chi connectivity index (χ1) is 17.2. The molecule has 8 heteroatoms. The molecular formula is C28H36N2O6. The molecule has 1 fully saturated rings. The molecule has 3 rings (SSSR count). The highest BCUT2D eigenvalue weighted by Gasteiger charge is 2.38. The molecule has 0 spiro atoms. The molecule has 1 saturated heterocycles. The van der Waals surface area contributed by atoms with E-state index in [9.17, 15) is 14.7 Å². The number of benzene rings is 2. The minimum absolute atomic E-state index is 0.0172. The van der Waals surface area contributed by atoms with Crippen molar-refractivity contribution in [2.75, 3.05) is 25.5 Å². The van der Waals surface area contributed by atoms with E-state index in [0.29, 0.717) is 12.2 Å². The summed E-state index contributed by atoms with van der Waals surface area (Å²) in [6.07, 6.45) is -0.0756. The van der Waals surface area contributed by atoms with Crippen molar-refractivity contribution in [1.82, 2.24) is 4.90 Å². The first-order valence-corrected chi connectivity index (χ1v) is 12.1. The second-order valence-corrected chi connectivity index (χ2v) is 9.20. The number of rotatable bonds is 10. The summed E-state index contributed by atoms with van der Waals surface area (Å²) >= 11 is 0. The predicted molar refractivity (Wildman–Crippen MR) is 137 cm³/mol. The minimum Gasteiger partial charge on any atom is -0.453 e. The smallest absolute Gasteiger partial charge is 0.303 e. The molecule has 0 bridgehead atoms. The lowest BCUT2D eigenvalue weighted by Gasteiger charge is -2.42. The highest BCUT2D eigenvalue weighted by Crippen LogP contribution is 2.42. The van der Waals surface area contributed by atoms with E-state index in [2.05, 4.69) is 23.7 Å². The van der Waals surface area contributed by atoms with Gasteiger partial charge in [-0.15, -0.1) is 6.58 Å². The predicted octanol–water partition coefficient (Wildman–Crippen LogP) is 3.98. The van der Waals surface area contributed by atoms with Crippen molar-refractivity contribution >= 4 is 17.6 Å². The number of nitrogens with one attached hydrogen (secondary N) is 1. The van der Waals surface area contributed by atoms with E-state index in [1.54, 1.807) is 12.1 Å². The molecule has 0 aromatic heterocycles. The van der Waals surface area contributed by atoms with Gasteiger partial charge < -0.3 is 29.5 Å². The van der Waals surface area contributed by atoms with Crippen LogP contribution in [0.3, 0.4) is 0 Å². The molecule has 1 aliphatic rings. The molecule has 0 aliphatic carbocycles. The number of hydrogen-bond donors (Lipinski definition) is 2. The van der Waals surface area contributed by atoms with Crippen LogP contribution < -0.4 is 5.32 Å². The SMILES string of the molecule is C=CCN(C)C[C@H]1O[C@@H](c2cccc(NC(=O)[C@H](C)OC(C)=O)c2)O[C@@H](c2ccc(CO)cc2)[C@H]1C. The topological polar surface area (TPSA) is 97.3 Å². The Balaban J connectivity index is 1.85. The second kappa shape index (κ2) is 12.8. The van der Waals surface area contributed by atoms with Gasteiger partial charge in [-0.2, -0.15) is 0 Å². The maximum Gasteiger partial charge on any atom is 0.303 e. The van der Waals surface area contributed by atoms with Crippen LogP contribution in [0.4, 0.5) is 5.69 Å². The number of carbonyl (C=O) groups is 2. The van der Waals surface area contributed by atoms with E-state index in [0.717, 1.165) is 23.2 Å². The maximum atomic E-state index is 12.4. The molecule has 1 aliphatic heterocycles. The Bertz CT molecular complexity index is 1040. The van der Waals surface area contributed by atoms with Crippen LogP contribution in [0.25, 0.3) is 0 Å². The van der Waals surface area contributed by atoms with Gasteiger partial charge in [0.1, 0.15) is 0 Å². The van der Waals surface area contributed by atoms with Gasteiger partial charge in [0.05, 0.1) is 18.8 Å². The summed E-state index contributed by atoms with van der Waals surface area (Å²) in [6.45, 7) is 10.1. The number of amides is 1. The summed E-state index contributed by atoms with van der Waals surface area (Å²) in [6, 6.07) is 15.0. The van der Waals surface area contributed by atoms with Crippen LogP contribution >= 0.6 is 0 Å². The Labute approximate surface area is 212 Å². The Hall–Kier alpha value is -3.04. The van der Waals surface area contributed by atoms with Crippen LogP contribution in [-0.4, -0.2) is 54.2 Å². The van der Waals surface area contributed by atoms with E-state index in [4.69, 9.17) is 14.2 Å². The third kappa shape index (κ3) is 7.24. The number of esters is 1. The fourth-order valence-corrected chi connectivity index (χ4v) is 4.24. The molecule has 36 heavy (non-hydrogen) atoms. The zero-order valence-corrected chi connectivity index (χ0v) is 21.3. The quantitative estimate of drug-likeness (QED) is 0.379. The van der Waals surface area contributed by atoms with Crippen LogP contribution in [0.2, 0.25) is 0 Å². The Kier molecular flexibility index (Phi) is 9.78. The van der Waals surface area contributed by atoms with Gasteiger partial charge >= 0.3 is 5.97 Å². The van der Waals surface area contributed by atoms with Gasteiger partial charge in [0.25, 0.3) is 5.91 Å². The van der Waals surface area contributed by atoms with Crippen molar-refractivity contribution in [1.29, 1.82) is 0 Å². The Morgan fingerprint density at radius 3 is 2.56 bits per heavy atom. The Morgan fingerprint density at radius 1 is 1.19 bits per heavy atom. The zero-order valence-electron chi connectivity index (χ0n) is 21.3. The first kappa shape index (κ1) is 27.5. The first-order valence-electron chi connectivity index (χ1n) is 12.1. The average Bonchev–Trinajstić information content (AvgIpc) is 2.85. The van der Waals surface area contributed by atoms with Crippen molar-refractivity contribution in [2.24, 2.45) is 5.92 Å². The third-order valence-electron chi connectivity index (χ3n) is 6.19. The van der Waals surface area contributed by atoms with Crippen molar-refractivity contribution < 1.29 is 28.9 Å². The molecule has 0 radical (unpaired) electrons. The standard InChI is InChI=1S/C28H36N2O6/c1-6-14-30(5)16-25-18(2)26(22-12-10-21(17-31)11-13-22)36-28(35-25)23-8-7-9-24(15-23)29-27(33)19(3)34-20(4)32/h6-13,15,18-19,25-26,28,31H,1,14,16-17H2,2-5H3,(H,29,33)/t18-,19-,25+,26+,28+/m0/s1. The molecule has 0 saturated carbocycles. The summed E-state index contributed by atoms with van der Waals surface area (Å²) in [5, 5.41) is 12.2. The number of aliphatic hydroxyl groups is 1.